The molecule has 0 saturated carbocycles. The van der Waals surface area contributed by atoms with Crippen LogP contribution >= 0.6 is 11.3 Å². The van der Waals surface area contributed by atoms with Crippen LogP contribution in [0.2, 0.25) is 0 Å². The first-order chi connectivity index (χ1) is 15.5. The molecule has 1 saturated heterocycles. The van der Waals surface area contributed by atoms with E-state index >= 15 is 0 Å². The lowest BCUT2D eigenvalue weighted by atomic mass is 9.87. The van der Waals surface area contributed by atoms with Crippen molar-refractivity contribution in [3.05, 3.63) is 71.2 Å². The zero-order valence-corrected chi connectivity index (χ0v) is 19.8. The van der Waals surface area contributed by atoms with Crippen molar-refractivity contribution in [1.82, 2.24) is 9.88 Å². The molecule has 6 heteroatoms. The number of nitrogens with zero attached hydrogens (tertiary/aromatic N) is 2. The number of carbonyl (C=O) groups excluding carboxylic acids is 1. The van der Waals surface area contributed by atoms with E-state index in [0.29, 0.717) is 24.6 Å². The van der Waals surface area contributed by atoms with Crippen LogP contribution in [0, 0.1) is 12.8 Å². The van der Waals surface area contributed by atoms with Gasteiger partial charge in [-0.15, -0.1) is 11.3 Å². The second-order valence-corrected chi connectivity index (χ2v) is 9.61. The Balaban J connectivity index is 1.31. The van der Waals surface area contributed by atoms with Gasteiger partial charge in [0, 0.05) is 35.3 Å². The molecule has 1 aromatic heterocycles. The molecule has 1 aliphatic rings. The van der Waals surface area contributed by atoms with Crippen molar-refractivity contribution >= 4 is 23.1 Å². The van der Waals surface area contributed by atoms with Crippen molar-refractivity contribution in [2.75, 3.05) is 11.9 Å². The number of benzene rings is 2. The van der Waals surface area contributed by atoms with Crippen molar-refractivity contribution in [2.45, 2.75) is 52.2 Å². The summed E-state index contributed by atoms with van der Waals surface area (Å²) < 4.78 is 5.65. The summed E-state index contributed by atoms with van der Waals surface area (Å²) in [5, 5.41) is 5.82. The van der Waals surface area contributed by atoms with Crippen LogP contribution in [0.25, 0.3) is 10.6 Å². The van der Waals surface area contributed by atoms with Crippen LogP contribution in [-0.4, -0.2) is 34.7 Å². The first-order valence-corrected chi connectivity index (χ1v) is 12.1. The molecule has 5 nitrogen and oxygen atoms in total. The molecule has 1 N–H and O–H groups in total. The summed E-state index contributed by atoms with van der Waals surface area (Å²) >= 11 is 1.57. The van der Waals surface area contributed by atoms with Crippen molar-refractivity contribution in [3.8, 4) is 10.6 Å². The lowest BCUT2D eigenvalue weighted by molar-refractivity contribution is 0.0362. The van der Waals surface area contributed by atoms with Gasteiger partial charge in [0.15, 0.2) is 0 Å². The number of amides is 1. The van der Waals surface area contributed by atoms with E-state index in [-0.39, 0.29) is 0 Å². The topological polar surface area (TPSA) is 54.5 Å². The molecule has 0 bridgehead atoms. The number of likely N-dealkylation sites (tertiary alicyclic amines) is 1. The van der Waals surface area contributed by atoms with E-state index in [1.165, 1.54) is 5.56 Å². The average molecular weight is 450 g/mol. The van der Waals surface area contributed by atoms with Gasteiger partial charge < -0.3 is 4.74 Å². The van der Waals surface area contributed by atoms with Crippen LogP contribution in [0.3, 0.4) is 0 Å². The second-order valence-electron chi connectivity index (χ2n) is 8.76. The standard InChI is InChI=1S/C26H31N3O2S/c1-18-17-32-25(27-18)23-11-7-8-12-24(23)28-26(30)31-16-22-13-19(2)29(20(3)14-22)15-21-9-5-4-6-10-21/h4-12,17,19-20,22H,13-16H2,1-3H3,(H,28,30)/t19-,20+,22?. The van der Waals surface area contributed by atoms with Crippen LogP contribution in [-0.2, 0) is 11.3 Å². The molecule has 3 atom stereocenters. The third-order valence-corrected chi connectivity index (χ3v) is 7.15. The quantitative estimate of drug-likeness (QED) is 0.476. The predicted molar refractivity (Wildman–Crippen MR) is 131 cm³/mol. The summed E-state index contributed by atoms with van der Waals surface area (Å²) in [6.07, 6.45) is 1.65. The highest BCUT2D eigenvalue weighted by Crippen LogP contribution is 2.31. The molecule has 2 heterocycles. The number of piperidine rings is 1. The fourth-order valence-corrected chi connectivity index (χ4v) is 5.44. The molecule has 0 spiro atoms. The summed E-state index contributed by atoms with van der Waals surface area (Å²) in [4.78, 5) is 19.6. The average Bonchev–Trinajstić information content (AvgIpc) is 3.22. The van der Waals surface area contributed by atoms with E-state index < -0.39 is 6.09 Å². The number of para-hydroxylation sites is 1. The number of ether oxygens (including phenoxy) is 1. The maximum atomic E-state index is 12.6. The van der Waals surface area contributed by atoms with Gasteiger partial charge in [-0.25, -0.2) is 9.78 Å². The molecular formula is C26H31N3O2S. The van der Waals surface area contributed by atoms with E-state index in [1.54, 1.807) is 11.3 Å². The molecule has 2 aromatic carbocycles. The van der Waals surface area contributed by atoms with E-state index in [9.17, 15) is 4.79 Å². The molecule has 4 rings (SSSR count). The number of rotatable bonds is 6. The number of anilines is 1. The Labute approximate surface area is 194 Å². The molecule has 1 aliphatic heterocycles. The first kappa shape index (κ1) is 22.5. The minimum atomic E-state index is -0.405. The number of nitrogens with one attached hydrogen (secondary N) is 1. The van der Waals surface area contributed by atoms with Gasteiger partial charge in [0.05, 0.1) is 12.3 Å². The van der Waals surface area contributed by atoms with Crippen LogP contribution < -0.4 is 5.32 Å². The Bertz CT molecular complexity index is 1020. The Morgan fingerprint density at radius 2 is 1.78 bits per heavy atom. The third kappa shape index (κ3) is 5.56. The molecule has 1 amide bonds. The van der Waals surface area contributed by atoms with Crippen molar-refractivity contribution < 1.29 is 9.53 Å². The number of aromatic nitrogens is 1. The van der Waals surface area contributed by atoms with E-state index in [1.807, 2.05) is 36.6 Å². The molecule has 3 aromatic rings. The van der Waals surface area contributed by atoms with Crippen LogP contribution in [0.5, 0.6) is 0 Å². The summed E-state index contributed by atoms with van der Waals surface area (Å²) in [5.41, 5.74) is 3.96. The monoisotopic (exact) mass is 449 g/mol. The normalized spacial score (nSPS) is 21.3. The van der Waals surface area contributed by atoms with E-state index in [0.717, 1.165) is 41.3 Å². The van der Waals surface area contributed by atoms with Crippen LogP contribution in [0.1, 0.15) is 37.9 Å². The van der Waals surface area contributed by atoms with Crippen molar-refractivity contribution in [3.63, 3.8) is 0 Å². The van der Waals surface area contributed by atoms with Gasteiger partial charge in [0.1, 0.15) is 5.01 Å². The molecule has 0 radical (unpaired) electrons. The second kappa shape index (κ2) is 10.3. The minimum absolute atomic E-state index is 0.370. The summed E-state index contributed by atoms with van der Waals surface area (Å²) in [5.74, 6) is 0.370. The molecule has 168 valence electrons. The number of carbonyl (C=O) groups is 1. The van der Waals surface area contributed by atoms with Gasteiger partial charge in [-0.1, -0.05) is 42.5 Å². The van der Waals surface area contributed by atoms with Crippen molar-refractivity contribution in [1.29, 1.82) is 0 Å². The smallest absolute Gasteiger partial charge is 0.411 e. The SMILES string of the molecule is Cc1csc(-c2ccccc2NC(=O)OCC2C[C@@H](C)N(Cc3ccccc3)[C@@H](C)C2)n1. The van der Waals surface area contributed by atoms with Gasteiger partial charge >= 0.3 is 6.09 Å². The molecule has 1 unspecified atom stereocenters. The number of thiazole rings is 1. The molecule has 1 fully saturated rings. The first-order valence-electron chi connectivity index (χ1n) is 11.2. The maximum absolute atomic E-state index is 12.6. The lowest BCUT2D eigenvalue weighted by Crippen LogP contribution is -2.47. The zero-order chi connectivity index (χ0) is 22.5. The summed E-state index contributed by atoms with van der Waals surface area (Å²) in [6.45, 7) is 7.93. The van der Waals surface area contributed by atoms with Gasteiger partial charge in [-0.05, 0) is 57.2 Å². The Kier molecular flexibility index (Phi) is 7.22. The largest absolute Gasteiger partial charge is 0.449 e. The highest BCUT2D eigenvalue weighted by molar-refractivity contribution is 7.13. The molecular weight excluding hydrogens is 418 g/mol. The van der Waals surface area contributed by atoms with Gasteiger partial charge in [0.2, 0.25) is 0 Å². The number of hydrogen-bond acceptors (Lipinski definition) is 5. The lowest BCUT2D eigenvalue weighted by Gasteiger charge is -2.42. The highest BCUT2D eigenvalue weighted by Gasteiger charge is 2.31. The number of aryl methyl sites for hydroxylation is 1. The fraction of sp³-hybridized carbons (Fsp3) is 0.385. The Morgan fingerprint density at radius 3 is 2.47 bits per heavy atom. The van der Waals surface area contributed by atoms with E-state index in [2.05, 4.69) is 59.4 Å². The predicted octanol–water partition coefficient (Wildman–Crippen LogP) is 6.36. The van der Waals surface area contributed by atoms with Gasteiger partial charge in [-0.3, -0.25) is 10.2 Å². The highest BCUT2D eigenvalue weighted by atomic mass is 32.1. The summed E-state index contributed by atoms with van der Waals surface area (Å²) in [7, 11) is 0. The Morgan fingerprint density at radius 1 is 1.09 bits per heavy atom. The third-order valence-electron chi connectivity index (χ3n) is 6.15. The van der Waals surface area contributed by atoms with Crippen molar-refractivity contribution in [2.24, 2.45) is 5.92 Å². The van der Waals surface area contributed by atoms with E-state index in [4.69, 9.17) is 4.74 Å². The fourth-order valence-electron chi connectivity index (χ4n) is 4.60. The minimum Gasteiger partial charge on any atom is -0.449 e. The zero-order valence-electron chi connectivity index (χ0n) is 19.0. The van der Waals surface area contributed by atoms with Crippen LogP contribution in [0.15, 0.2) is 60.0 Å². The van der Waals surface area contributed by atoms with Gasteiger partial charge in [-0.2, -0.15) is 0 Å². The maximum Gasteiger partial charge on any atom is 0.411 e. The van der Waals surface area contributed by atoms with Crippen LogP contribution in [0.4, 0.5) is 10.5 Å². The molecule has 32 heavy (non-hydrogen) atoms. The number of hydrogen-bond donors (Lipinski definition) is 1. The summed E-state index contributed by atoms with van der Waals surface area (Å²) in [6, 6.07) is 19.2. The van der Waals surface area contributed by atoms with Gasteiger partial charge in [0.25, 0.3) is 0 Å². The molecule has 0 aliphatic carbocycles. The Hall–Kier alpha value is -2.70.